The second-order valence-corrected chi connectivity index (χ2v) is 17.0. The number of hydrogen-bond acceptors (Lipinski definition) is 12. The summed E-state index contributed by atoms with van der Waals surface area (Å²) in [5.41, 5.74) is -0.929. The molecule has 1 aliphatic rings. The smallest absolute Gasteiger partial charge is 0.447 e. The highest BCUT2D eigenvalue weighted by molar-refractivity contribution is 8.00. The van der Waals surface area contributed by atoms with Crippen LogP contribution in [0.25, 0.3) is 16.8 Å². The molecule has 0 radical (unpaired) electrons. The first-order valence-electron chi connectivity index (χ1n) is 19.2. The molecule has 1 fully saturated rings. The summed E-state index contributed by atoms with van der Waals surface area (Å²) in [5.74, 6) is -3.17. The molecule has 17 heteroatoms. The minimum absolute atomic E-state index is 0.0770. The molecule has 5 aromatic rings. The summed E-state index contributed by atoms with van der Waals surface area (Å²) < 4.78 is 94.7. The fourth-order valence-corrected chi connectivity index (χ4v) is 9.06. The molecule has 1 saturated heterocycles. The van der Waals surface area contributed by atoms with Gasteiger partial charge >= 0.3 is 13.8 Å². The van der Waals surface area contributed by atoms with Crippen LogP contribution in [-0.2, 0) is 51.1 Å². The number of allylic oxidation sites excluding steroid dienone is 2. The number of carbonyl (C=O) groups is 1. The highest BCUT2D eigenvalue weighted by Gasteiger charge is 2.47. The van der Waals surface area contributed by atoms with Crippen LogP contribution in [0.5, 0.6) is 0 Å². The monoisotopic (exact) mass is 886 g/mol. The van der Waals surface area contributed by atoms with E-state index in [9.17, 15) is 18.1 Å². The van der Waals surface area contributed by atoms with E-state index in [-0.39, 0.29) is 61.5 Å². The molecule has 0 unspecified atom stereocenters. The van der Waals surface area contributed by atoms with E-state index in [4.69, 9.17) is 33.0 Å². The van der Waals surface area contributed by atoms with Crippen molar-refractivity contribution in [2.75, 3.05) is 26.4 Å². The number of hydrogen-bond donors (Lipinski definition) is 0. The Kier molecular flexibility index (Phi) is 15.9. The molecule has 0 amide bonds. The van der Waals surface area contributed by atoms with E-state index in [1.807, 2.05) is 6.07 Å². The second-order valence-electron chi connectivity index (χ2n) is 13.7. The van der Waals surface area contributed by atoms with Gasteiger partial charge < -0.3 is 14.2 Å². The summed E-state index contributed by atoms with van der Waals surface area (Å²) in [4.78, 5) is 18.8. The minimum atomic E-state index is -4.11. The first kappa shape index (κ1) is 45.9. The van der Waals surface area contributed by atoms with E-state index >= 15 is 4.39 Å². The van der Waals surface area contributed by atoms with Gasteiger partial charge in [0, 0.05) is 27.8 Å². The van der Waals surface area contributed by atoms with Crippen LogP contribution in [0.4, 0.5) is 13.2 Å². The van der Waals surface area contributed by atoms with Crippen LogP contribution in [0.1, 0.15) is 39.5 Å². The lowest BCUT2D eigenvalue weighted by Crippen LogP contribution is -2.47. The van der Waals surface area contributed by atoms with Crippen molar-refractivity contribution in [1.29, 1.82) is 5.26 Å². The van der Waals surface area contributed by atoms with Crippen LogP contribution in [0.3, 0.4) is 0 Å². The largest absolute Gasteiger partial charge is 0.475 e. The molecule has 12 nitrogen and oxygen atoms in total. The van der Waals surface area contributed by atoms with Gasteiger partial charge in [0.25, 0.3) is 0 Å². The third kappa shape index (κ3) is 11.4. The molecule has 0 N–H and O–H groups in total. The molecule has 322 valence electrons. The van der Waals surface area contributed by atoms with Crippen molar-refractivity contribution in [3.8, 4) is 6.07 Å². The molecular formula is C45H42F3N4O8PS. The maximum atomic E-state index is 16.2. The topological polar surface area (TPSA) is 144 Å². The summed E-state index contributed by atoms with van der Waals surface area (Å²) in [5, 5.41) is 13.1. The van der Waals surface area contributed by atoms with Crippen LogP contribution in [0, 0.1) is 28.8 Å². The van der Waals surface area contributed by atoms with E-state index < -0.39 is 48.4 Å². The van der Waals surface area contributed by atoms with Gasteiger partial charge in [-0.1, -0.05) is 66.8 Å². The van der Waals surface area contributed by atoms with Crippen LogP contribution in [-0.4, -0.2) is 64.0 Å². The number of phosphoric ester groups is 1. The van der Waals surface area contributed by atoms with Crippen molar-refractivity contribution >= 4 is 42.4 Å². The quantitative estimate of drug-likeness (QED) is 0.0318. The maximum Gasteiger partial charge on any atom is 0.475 e. The number of rotatable bonds is 20. The zero-order valence-electron chi connectivity index (χ0n) is 33.5. The number of esters is 1. The molecule has 62 heavy (non-hydrogen) atoms. The number of aromatic nitrogens is 3. The van der Waals surface area contributed by atoms with Crippen LogP contribution in [0.15, 0.2) is 129 Å². The highest BCUT2D eigenvalue weighted by atomic mass is 32.2. The third-order valence-electron chi connectivity index (χ3n) is 9.55. The highest BCUT2D eigenvalue weighted by Crippen LogP contribution is 2.50. The van der Waals surface area contributed by atoms with Gasteiger partial charge in [0.15, 0.2) is 11.9 Å². The van der Waals surface area contributed by atoms with Gasteiger partial charge in [0.1, 0.15) is 30.1 Å². The van der Waals surface area contributed by atoms with Gasteiger partial charge in [-0.15, -0.1) is 24.9 Å². The molecular weight excluding hydrogens is 845 g/mol. The molecule has 0 bridgehead atoms. The normalized spacial score (nSPS) is 17.1. The van der Waals surface area contributed by atoms with Crippen molar-refractivity contribution in [3.05, 3.63) is 174 Å². The fourth-order valence-electron chi connectivity index (χ4n) is 6.60. The minimum Gasteiger partial charge on any atom is -0.447 e. The van der Waals surface area contributed by atoms with E-state index in [0.29, 0.717) is 21.9 Å². The molecule has 2 atom stereocenters. The van der Waals surface area contributed by atoms with E-state index in [1.54, 1.807) is 67.6 Å². The van der Waals surface area contributed by atoms with E-state index in [0.717, 1.165) is 18.2 Å². The summed E-state index contributed by atoms with van der Waals surface area (Å²) in [6.45, 7) is 8.50. The molecule has 0 aliphatic carbocycles. The van der Waals surface area contributed by atoms with Crippen LogP contribution >= 0.6 is 19.6 Å². The predicted molar refractivity (Wildman–Crippen MR) is 228 cm³/mol. The maximum absolute atomic E-state index is 16.2. The number of nitriles is 1. The van der Waals surface area contributed by atoms with Gasteiger partial charge in [-0.05, 0) is 54.3 Å². The number of thioether (sulfide) groups is 1. The summed E-state index contributed by atoms with van der Waals surface area (Å²) in [7, 11) is -4.11. The number of benzene rings is 4. The average Bonchev–Trinajstić information content (AvgIpc) is 3.79. The van der Waals surface area contributed by atoms with Crippen LogP contribution in [0.2, 0.25) is 0 Å². The van der Waals surface area contributed by atoms with E-state index in [2.05, 4.69) is 23.2 Å². The van der Waals surface area contributed by atoms with Crippen molar-refractivity contribution in [3.63, 3.8) is 0 Å². The summed E-state index contributed by atoms with van der Waals surface area (Å²) >= 11 is 1.31. The molecule has 6 rings (SSSR count). The number of ether oxygens (including phenoxy) is 3. The lowest BCUT2D eigenvalue weighted by molar-refractivity contribution is -0.146. The first-order valence-corrected chi connectivity index (χ1v) is 21.6. The van der Waals surface area contributed by atoms with Gasteiger partial charge in [0.2, 0.25) is 0 Å². The fraction of sp³-hybridized carbons (Fsp3) is 0.244. The summed E-state index contributed by atoms with van der Waals surface area (Å²) in [6.07, 6.45) is 11.2. The van der Waals surface area contributed by atoms with Crippen molar-refractivity contribution in [2.24, 2.45) is 0 Å². The zero-order chi connectivity index (χ0) is 44.1. The Morgan fingerprint density at radius 3 is 2.42 bits per heavy atom. The molecule has 0 spiro atoms. The summed E-state index contributed by atoms with van der Waals surface area (Å²) in [6, 6.07) is 19.3. The lowest BCUT2D eigenvalue weighted by Gasteiger charge is -2.40. The molecule has 1 aromatic heterocycles. The Bertz CT molecular complexity index is 2510. The second kappa shape index (κ2) is 21.4. The number of carbonyl (C=O) groups excluding carboxylic acids is 1. The Labute approximate surface area is 360 Å². The molecule has 1 aliphatic heterocycles. The van der Waals surface area contributed by atoms with Gasteiger partial charge in [-0.3, -0.25) is 13.6 Å². The lowest BCUT2D eigenvalue weighted by atomic mass is 9.89. The Hall–Kier alpha value is -5.63. The first-order chi connectivity index (χ1) is 30.0. The van der Waals surface area contributed by atoms with Crippen molar-refractivity contribution < 1.29 is 50.3 Å². The van der Waals surface area contributed by atoms with Gasteiger partial charge in [-0.25, -0.2) is 32.2 Å². The van der Waals surface area contributed by atoms with Crippen LogP contribution < -0.4 is 0 Å². The standard InChI is InChI=1S/C45H42F3N4O8PS/c1-4-20-57-61(54,58-21-5-2)59-25-35-13-8-11-34-12-9-14-38(43(34)35)44(53)60-45(28-52-30-50-29-51-52,39-19-18-36(46)23-41(39)48)31(3)62-37-26-55-42(56-27-37)15-7-6-10-33-17-16-32(24-49)22-40(33)47/h4-19,22-23,29-31,37,42H,1-2,20-21,25-28H2,3H3/b10-6+,15-7+/t31-,37-,42-,45-/m1/s1. The van der Waals surface area contributed by atoms with Crippen molar-refractivity contribution in [1.82, 2.24) is 14.8 Å². The Morgan fingerprint density at radius 1 is 1.02 bits per heavy atom. The zero-order valence-corrected chi connectivity index (χ0v) is 35.2. The number of phosphoric acid groups is 1. The SMILES string of the molecule is C=CCOP(=O)(OCC=C)OCc1cccc2cccc(C(=O)O[C@@](Cn3cncn3)(c3ccc(F)cc3F)[C@@H](C)S[C@H]3CO[C@H](/C=C/C=C/c4ccc(C#N)cc4F)OC3)c12. The van der Waals surface area contributed by atoms with Crippen molar-refractivity contribution in [2.45, 2.75) is 42.5 Å². The van der Waals surface area contributed by atoms with Gasteiger partial charge in [-0.2, -0.15) is 10.4 Å². The molecule has 4 aromatic carbocycles. The Balaban J connectivity index is 1.28. The number of nitrogens with zero attached hydrogens (tertiary/aromatic N) is 4. The molecule has 2 heterocycles. The van der Waals surface area contributed by atoms with E-state index in [1.165, 1.54) is 59.4 Å². The Morgan fingerprint density at radius 2 is 1.76 bits per heavy atom. The number of fused-ring (bicyclic) bond motifs is 1. The third-order valence-corrected chi connectivity index (χ3v) is 12.4. The molecule has 0 saturated carbocycles. The predicted octanol–water partition coefficient (Wildman–Crippen LogP) is 9.64. The number of halogens is 3. The average molecular weight is 887 g/mol. The van der Waals surface area contributed by atoms with Gasteiger partial charge in [0.05, 0.1) is 62.0 Å².